The fraction of sp³-hybridized carbons (Fsp3) is 0.400. The van der Waals surface area contributed by atoms with Crippen LogP contribution < -0.4 is 0 Å². The maximum absolute atomic E-state index is 11.3. The van der Waals surface area contributed by atoms with Crippen LogP contribution in [0.1, 0.15) is 37.3 Å². The zero-order valence-electron chi connectivity index (χ0n) is 10.7. The lowest BCUT2D eigenvalue weighted by Gasteiger charge is -2.05. The largest absolute Gasteiger partial charge is 0.465 e. The van der Waals surface area contributed by atoms with Crippen molar-refractivity contribution < 1.29 is 9.53 Å². The van der Waals surface area contributed by atoms with Gasteiger partial charge in [-0.05, 0) is 24.0 Å². The van der Waals surface area contributed by atoms with Crippen LogP contribution in [0, 0.1) is 0 Å². The Balaban J connectivity index is 2.61. The Morgan fingerprint density at radius 1 is 1.24 bits per heavy atom. The summed E-state index contributed by atoms with van der Waals surface area (Å²) in [4.78, 5) is 11.3. The molecule has 1 rings (SSSR count). The molecule has 0 N–H and O–H groups in total. The van der Waals surface area contributed by atoms with Gasteiger partial charge in [0.2, 0.25) is 0 Å². The molecule has 0 radical (unpaired) electrons. The van der Waals surface area contributed by atoms with Crippen LogP contribution in [0.3, 0.4) is 0 Å². The van der Waals surface area contributed by atoms with E-state index in [0.29, 0.717) is 5.57 Å². The quantitative estimate of drug-likeness (QED) is 0.425. The van der Waals surface area contributed by atoms with Crippen LogP contribution in [-0.2, 0) is 16.0 Å². The van der Waals surface area contributed by atoms with Gasteiger partial charge >= 0.3 is 5.97 Å². The highest BCUT2D eigenvalue weighted by atomic mass is 16.5. The summed E-state index contributed by atoms with van der Waals surface area (Å²) in [7, 11) is 1.37. The van der Waals surface area contributed by atoms with Crippen LogP contribution >= 0.6 is 0 Å². The molecule has 2 heteroatoms. The van der Waals surface area contributed by atoms with E-state index in [-0.39, 0.29) is 5.97 Å². The number of hydrogen-bond donors (Lipinski definition) is 0. The molecule has 0 saturated heterocycles. The Bertz CT molecular complexity index is 376. The van der Waals surface area contributed by atoms with E-state index in [1.54, 1.807) is 0 Å². The van der Waals surface area contributed by atoms with Crippen molar-refractivity contribution in [3.63, 3.8) is 0 Å². The minimum atomic E-state index is -0.372. The summed E-state index contributed by atoms with van der Waals surface area (Å²) in [5.74, 6) is -0.372. The molecule has 0 atom stereocenters. The lowest BCUT2D eigenvalue weighted by molar-refractivity contribution is -0.133. The molecule has 0 unspecified atom stereocenters. The molecule has 0 heterocycles. The molecule has 92 valence electrons. The molecule has 0 spiro atoms. The van der Waals surface area contributed by atoms with Crippen molar-refractivity contribution in [1.29, 1.82) is 0 Å². The molecule has 2 nitrogen and oxygen atoms in total. The van der Waals surface area contributed by atoms with E-state index in [0.717, 1.165) is 12.0 Å². The molecule has 0 aliphatic carbocycles. The van der Waals surface area contributed by atoms with E-state index in [9.17, 15) is 4.79 Å². The Kier molecular flexibility index (Phi) is 5.47. The molecule has 0 saturated carbocycles. The van der Waals surface area contributed by atoms with Gasteiger partial charge in [0.1, 0.15) is 0 Å². The first-order valence-corrected chi connectivity index (χ1v) is 6.05. The maximum atomic E-state index is 11.3. The van der Waals surface area contributed by atoms with Crippen molar-refractivity contribution >= 4 is 11.5 Å². The van der Waals surface area contributed by atoms with Crippen molar-refractivity contribution in [2.45, 2.75) is 32.6 Å². The minimum Gasteiger partial charge on any atom is -0.465 e. The number of aryl methyl sites for hydroxylation is 1. The van der Waals surface area contributed by atoms with Gasteiger partial charge in [-0.15, -0.1) is 0 Å². The maximum Gasteiger partial charge on any atom is 0.337 e. The molecule has 17 heavy (non-hydrogen) atoms. The number of methoxy groups -OCH3 is 1. The van der Waals surface area contributed by atoms with Gasteiger partial charge in [-0.25, -0.2) is 4.79 Å². The van der Waals surface area contributed by atoms with Gasteiger partial charge in [0.05, 0.1) is 12.7 Å². The van der Waals surface area contributed by atoms with Crippen molar-refractivity contribution in [3.05, 3.63) is 42.0 Å². The Morgan fingerprint density at radius 3 is 2.41 bits per heavy atom. The second kappa shape index (κ2) is 6.89. The zero-order valence-corrected chi connectivity index (χ0v) is 10.7. The van der Waals surface area contributed by atoms with E-state index in [2.05, 4.69) is 30.4 Å². The SMILES string of the molecule is C=C(C(=O)OC)c1ccc(CCCCC)cc1. The number of esters is 1. The molecule has 0 amide bonds. The van der Waals surface area contributed by atoms with Crippen molar-refractivity contribution in [1.82, 2.24) is 0 Å². The van der Waals surface area contributed by atoms with Crippen LogP contribution in [0.4, 0.5) is 0 Å². The normalized spacial score (nSPS) is 10.0. The van der Waals surface area contributed by atoms with Gasteiger partial charge in [-0.2, -0.15) is 0 Å². The summed E-state index contributed by atoms with van der Waals surface area (Å²) in [6.45, 7) is 5.92. The van der Waals surface area contributed by atoms with Crippen LogP contribution in [0.5, 0.6) is 0 Å². The lowest BCUT2D eigenvalue weighted by Crippen LogP contribution is -2.02. The molecule has 1 aromatic rings. The number of carbonyl (C=O) groups is 1. The predicted octanol–water partition coefficient (Wildman–Crippen LogP) is 3.61. The second-order valence-corrected chi connectivity index (χ2v) is 4.12. The highest BCUT2D eigenvalue weighted by Crippen LogP contribution is 2.16. The van der Waals surface area contributed by atoms with E-state index >= 15 is 0 Å². The summed E-state index contributed by atoms with van der Waals surface area (Å²) in [5, 5.41) is 0. The monoisotopic (exact) mass is 232 g/mol. The first kappa shape index (κ1) is 13.5. The fourth-order valence-corrected chi connectivity index (χ4v) is 1.69. The van der Waals surface area contributed by atoms with Crippen LogP contribution in [0.25, 0.3) is 5.57 Å². The second-order valence-electron chi connectivity index (χ2n) is 4.12. The number of benzene rings is 1. The van der Waals surface area contributed by atoms with Crippen molar-refractivity contribution in [2.24, 2.45) is 0 Å². The summed E-state index contributed by atoms with van der Waals surface area (Å²) in [6, 6.07) is 7.97. The topological polar surface area (TPSA) is 26.3 Å². The number of rotatable bonds is 6. The lowest BCUT2D eigenvalue weighted by atomic mass is 10.0. The van der Waals surface area contributed by atoms with Gasteiger partial charge in [0, 0.05) is 0 Å². The molecule has 0 aliphatic rings. The zero-order chi connectivity index (χ0) is 12.7. The van der Waals surface area contributed by atoms with Crippen molar-refractivity contribution in [2.75, 3.05) is 7.11 Å². The summed E-state index contributed by atoms with van der Waals surface area (Å²) < 4.78 is 4.64. The van der Waals surface area contributed by atoms with Gasteiger partial charge < -0.3 is 4.74 Å². The number of carbonyl (C=O) groups excluding carboxylic acids is 1. The van der Waals surface area contributed by atoms with E-state index in [1.165, 1.54) is 31.9 Å². The Hall–Kier alpha value is -1.57. The molecule has 0 fully saturated rings. The Morgan fingerprint density at radius 2 is 1.88 bits per heavy atom. The first-order valence-electron chi connectivity index (χ1n) is 6.05. The highest BCUT2D eigenvalue weighted by molar-refractivity contribution is 6.15. The van der Waals surface area contributed by atoms with Gasteiger partial charge in [-0.1, -0.05) is 50.6 Å². The molecule has 1 aromatic carbocycles. The molecule has 0 aromatic heterocycles. The third-order valence-electron chi connectivity index (χ3n) is 2.80. The molecule has 0 bridgehead atoms. The third-order valence-corrected chi connectivity index (χ3v) is 2.80. The average Bonchev–Trinajstić information content (AvgIpc) is 2.38. The van der Waals surface area contributed by atoms with Gasteiger partial charge in [-0.3, -0.25) is 0 Å². The number of hydrogen-bond acceptors (Lipinski definition) is 2. The van der Waals surface area contributed by atoms with Crippen LogP contribution in [0.2, 0.25) is 0 Å². The third kappa shape index (κ3) is 4.06. The van der Waals surface area contributed by atoms with Crippen LogP contribution in [0.15, 0.2) is 30.8 Å². The van der Waals surface area contributed by atoms with E-state index < -0.39 is 0 Å². The molecule has 0 aliphatic heterocycles. The van der Waals surface area contributed by atoms with E-state index in [4.69, 9.17) is 0 Å². The highest BCUT2D eigenvalue weighted by Gasteiger charge is 2.08. The summed E-state index contributed by atoms with van der Waals surface area (Å²) in [5.41, 5.74) is 2.54. The number of ether oxygens (including phenoxy) is 1. The average molecular weight is 232 g/mol. The van der Waals surface area contributed by atoms with E-state index in [1.807, 2.05) is 12.1 Å². The van der Waals surface area contributed by atoms with Gasteiger partial charge in [0.25, 0.3) is 0 Å². The molecular weight excluding hydrogens is 212 g/mol. The Labute approximate surface area is 103 Å². The minimum absolute atomic E-state index is 0.372. The van der Waals surface area contributed by atoms with Gasteiger partial charge in [0.15, 0.2) is 0 Å². The number of unbranched alkanes of at least 4 members (excludes halogenated alkanes) is 2. The van der Waals surface area contributed by atoms with Crippen molar-refractivity contribution in [3.8, 4) is 0 Å². The molecular formula is C15H20O2. The predicted molar refractivity (Wildman–Crippen MR) is 70.7 cm³/mol. The standard InChI is InChI=1S/C15H20O2/c1-4-5-6-7-13-8-10-14(11-9-13)12(2)15(16)17-3/h8-11H,2,4-7H2,1,3H3. The summed E-state index contributed by atoms with van der Waals surface area (Å²) in [6.07, 6.45) is 4.81. The smallest absolute Gasteiger partial charge is 0.337 e. The fourth-order valence-electron chi connectivity index (χ4n) is 1.69. The summed E-state index contributed by atoms with van der Waals surface area (Å²) >= 11 is 0. The van der Waals surface area contributed by atoms with Crippen LogP contribution in [-0.4, -0.2) is 13.1 Å². The first-order chi connectivity index (χ1) is 8.19.